The predicted molar refractivity (Wildman–Crippen MR) is 181 cm³/mol. The van der Waals surface area contributed by atoms with Gasteiger partial charge in [0.2, 0.25) is 11.8 Å². The van der Waals surface area contributed by atoms with Crippen molar-refractivity contribution >= 4 is 39.1 Å². The fourth-order valence-electron chi connectivity index (χ4n) is 5.05. The van der Waals surface area contributed by atoms with Crippen molar-refractivity contribution in [2.24, 2.45) is 0 Å². The summed E-state index contributed by atoms with van der Waals surface area (Å²) in [5.74, 6) is -0.816. The summed E-state index contributed by atoms with van der Waals surface area (Å²) in [6.07, 6.45) is 0.967. The lowest BCUT2D eigenvalue weighted by atomic mass is 10.0. The van der Waals surface area contributed by atoms with Crippen LogP contribution in [0, 0.1) is 13.8 Å². The van der Waals surface area contributed by atoms with Gasteiger partial charge < -0.3 is 10.2 Å². The first kappa shape index (κ1) is 33.7. The molecule has 0 aliphatic carbocycles. The molecule has 2 atom stereocenters. The van der Waals surface area contributed by atoms with Crippen LogP contribution in [0.25, 0.3) is 0 Å². The zero-order valence-electron chi connectivity index (χ0n) is 26.1. The summed E-state index contributed by atoms with van der Waals surface area (Å²) in [4.78, 5) is 30.1. The molecule has 0 spiro atoms. The quantitative estimate of drug-likeness (QED) is 0.175. The van der Waals surface area contributed by atoms with E-state index in [1.807, 2.05) is 75.4 Å². The van der Waals surface area contributed by atoms with Gasteiger partial charge >= 0.3 is 0 Å². The molecule has 4 aromatic rings. The number of sulfonamides is 1. The highest BCUT2D eigenvalue weighted by Gasteiger charge is 2.35. The van der Waals surface area contributed by atoms with E-state index in [4.69, 9.17) is 11.6 Å². The lowest BCUT2D eigenvalue weighted by Gasteiger charge is -2.35. The summed E-state index contributed by atoms with van der Waals surface area (Å²) in [5, 5.41) is 3.40. The molecule has 0 saturated heterocycles. The second kappa shape index (κ2) is 15.2. The molecule has 0 fully saturated rings. The van der Waals surface area contributed by atoms with E-state index in [1.165, 1.54) is 17.0 Å². The zero-order chi connectivity index (χ0) is 32.6. The maximum Gasteiger partial charge on any atom is 0.264 e. The van der Waals surface area contributed by atoms with Crippen molar-refractivity contribution in [3.05, 3.63) is 130 Å². The van der Waals surface area contributed by atoms with E-state index < -0.39 is 28.5 Å². The van der Waals surface area contributed by atoms with Crippen LogP contribution in [0.3, 0.4) is 0 Å². The third kappa shape index (κ3) is 8.53. The van der Waals surface area contributed by atoms with Gasteiger partial charge in [-0.05, 0) is 73.7 Å². The number of nitrogens with zero attached hydrogens (tertiary/aromatic N) is 2. The van der Waals surface area contributed by atoms with Gasteiger partial charge in [-0.15, -0.1) is 0 Å². The van der Waals surface area contributed by atoms with E-state index in [0.29, 0.717) is 22.7 Å². The number of halogens is 1. The molecule has 0 aliphatic heterocycles. The molecular formula is C36H40ClN3O4S. The molecule has 0 radical (unpaired) electrons. The van der Waals surface area contributed by atoms with Crippen LogP contribution in [0.15, 0.2) is 108 Å². The lowest BCUT2D eigenvalue weighted by molar-refractivity contribution is -0.140. The molecule has 45 heavy (non-hydrogen) atoms. The average Bonchev–Trinajstić information content (AvgIpc) is 3.04. The molecule has 4 rings (SSSR count). The Labute approximate surface area is 271 Å². The van der Waals surface area contributed by atoms with E-state index in [-0.39, 0.29) is 29.8 Å². The summed E-state index contributed by atoms with van der Waals surface area (Å²) in [6, 6.07) is 29.1. The summed E-state index contributed by atoms with van der Waals surface area (Å²) >= 11 is 6.36. The number of anilines is 1. The Hall–Kier alpha value is -4.14. The van der Waals surface area contributed by atoms with Crippen molar-refractivity contribution in [1.29, 1.82) is 0 Å². The molecule has 2 amide bonds. The zero-order valence-corrected chi connectivity index (χ0v) is 27.7. The first-order chi connectivity index (χ1) is 21.5. The monoisotopic (exact) mass is 645 g/mol. The molecule has 9 heteroatoms. The SMILES string of the molecule is CC[C@@H](C)NC(=O)[C@H](Cc1ccccc1)N(Cc1ccccc1C)C(=O)CN(c1cc(Cl)ccc1C)S(=O)(=O)c1ccccc1. The average molecular weight is 646 g/mol. The van der Waals surface area contributed by atoms with Crippen molar-refractivity contribution in [2.45, 2.75) is 64.1 Å². The molecule has 0 bridgehead atoms. The van der Waals surface area contributed by atoms with Gasteiger partial charge in [-0.2, -0.15) is 0 Å². The molecular weight excluding hydrogens is 606 g/mol. The van der Waals surface area contributed by atoms with Gasteiger partial charge in [0.1, 0.15) is 12.6 Å². The number of amides is 2. The van der Waals surface area contributed by atoms with E-state index in [9.17, 15) is 18.0 Å². The number of nitrogens with one attached hydrogen (secondary N) is 1. The minimum absolute atomic E-state index is 0.0398. The molecule has 7 nitrogen and oxygen atoms in total. The van der Waals surface area contributed by atoms with Crippen LogP contribution < -0.4 is 9.62 Å². The highest BCUT2D eigenvalue weighted by Crippen LogP contribution is 2.30. The molecule has 0 unspecified atom stereocenters. The number of rotatable bonds is 13. The highest BCUT2D eigenvalue weighted by atomic mass is 35.5. The number of benzene rings is 4. The maximum atomic E-state index is 14.6. The maximum absolute atomic E-state index is 14.6. The van der Waals surface area contributed by atoms with Crippen LogP contribution in [0.1, 0.15) is 42.5 Å². The Kier molecular flexibility index (Phi) is 11.4. The summed E-state index contributed by atoms with van der Waals surface area (Å²) in [6.45, 7) is 7.20. The number of hydrogen-bond donors (Lipinski definition) is 1. The summed E-state index contributed by atoms with van der Waals surface area (Å²) < 4.78 is 29.5. The Morgan fingerprint density at radius 2 is 1.47 bits per heavy atom. The molecule has 1 N–H and O–H groups in total. The second-order valence-corrected chi connectivity index (χ2v) is 13.5. The first-order valence-electron chi connectivity index (χ1n) is 15.0. The third-order valence-corrected chi connectivity index (χ3v) is 9.93. The minimum atomic E-state index is -4.20. The van der Waals surface area contributed by atoms with Gasteiger partial charge in [0.15, 0.2) is 0 Å². The number of aryl methyl sites for hydroxylation is 2. The fraction of sp³-hybridized carbons (Fsp3) is 0.278. The van der Waals surface area contributed by atoms with E-state index >= 15 is 0 Å². The molecule has 236 valence electrons. The molecule has 4 aromatic carbocycles. The van der Waals surface area contributed by atoms with Gasteiger partial charge in [0.05, 0.1) is 10.6 Å². The number of carbonyl (C=O) groups excluding carboxylic acids is 2. The van der Waals surface area contributed by atoms with Crippen LogP contribution in [-0.2, 0) is 32.6 Å². The third-order valence-electron chi connectivity index (χ3n) is 7.92. The smallest absolute Gasteiger partial charge is 0.264 e. The van der Waals surface area contributed by atoms with E-state index in [1.54, 1.807) is 43.3 Å². The largest absolute Gasteiger partial charge is 0.352 e. The molecule has 0 saturated carbocycles. The summed E-state index contributed by atoms with van der Waals surface area (Å²) in [7, 11) is -4.20. The van der Waals surface area contributed by atoms with Crippen molar-refractivity contribution in [2.75, 3.05) is 10.8 Å². The van der Waals surface area contributed by atoms with Crippen LogP contribution in [0.2, 0.25) is 5.02 Å². The minimum Gasteiger partial charge on any atom is -0.352 e. The van der Waals surface area contributed by atoms with Gasteiger partial charge in [0.25, 0.3) is 10.0 Å². The number of carbonyl (C=O) groups is 2. The van der Waals surface area contributed by atoms with Crippen molar-refractivity contribution in [3.8, 4) is 0 Å². The first-order valence-corrected chi connectivity index (χ1v) is 16.8. The van der Waals surface area contributed by atoms with Crippen LogP contribution in [0.4, 0.5) is 5.69 Å². The number of hydrogen-bond acceptors (Lipinski definition) is 4. The predicted octanol–water partition coefficient (Wildman–Crippen LogP) is 6.71. The van der Waals surface area contributed by atoms with E-state index in [0.717, 1.165) is 21.0 Å². The van der Waals surface area contributed by atoms with Crippen LogP contribution in [-0.4, -0.2) is 43.8 Å². The normalized spacial score (nSPS) is 12.6. The van der Waals surface area contributed by atoms with Crippen molar-refractivity contribution in [1.82, 2.24) is 10.2 Å². The van der Waals surface area contributed by atoms with Gasteiger partial charge in [-0.1, -0.05) is 97.4 Å². The lowest BCUT2D eigenvalue weighted by Crippen LogP contribution is -2.54. The van der Waals surface area contributed by atoms with Crippen molar-refractivity contribution < 1.29 is 18.0 Å². The van der Waals surface area contributed by atoms with E-state index in [2.05, 4.69) is 5.32 Å². The van der Waals surface area contributed by atoms with Gasteiger partial charge in [0, 0.05) is 24.0 Å². The molecule has 0 aliphatic rings. The van der Waals surface area contributed by atoms with Gasteiger partial charge in [-0.25, -0.2) is 8.42 Å². The molecule has 0 aromatic heterocycles. The summed E-state index contributed by atoms with van der Waals surface area (Å²) in [5.41, 5.74) is 3.61. The molecule has 0 heterocycles. The highest BCUT2D eigenvalue weighted by molar-refractivity contribution is 7.92. The van der Waals surface area contributed by atoms with Gasteiger partial charge in [-0.3, -0.25) is 13.9 Å². The standard InChI is InChI=1S/C36H40ClN3O4S/c1-5-28(4)38-36(42)34(22-29-15-8-6-9-16-29)39(24-30-17-13-12-14-26(30)2)35(41)25-40(33-23-31(37)21-20-27(33)3)45(43,44)32-18-10-7-11-19-32/h6-21,23,28,34H,5,22,24-25H2,1-4H3,(H,38,42)/t28-,34+/m1/s1. The Morgan fingerprint density at radius 3 is 2.11 bits per heavy atom. The van der Waals surface area contributed by atoms with Crippen molar-refractivity contribution in [3.63, 3.8) is 0 Å². The van der Waals surface area contributed by atoms with Crippen LogP contribution >= 0.6 is 11.6 Å². The Bertz CT molecular complexity index is 1720. The fourth-order valence-corrected chi connectivity index (χ4v) is 6.71. The second-order valence-electron chi connectivity index (χ2n) is 11.2. The van der Waals surface area contributed by atoms with Crippen LogP contribution in [0.5, 0.6) is 0 Å². The Morgan fingerprint density at radius 1 is 0.844 bits per heavy atom. The topological polar surface area (TPSA) is 86.8 Å². The Balaban J connectivity index is 1.84.